The van der Waals surface area contributed by atoms with E-state index in [1.54, 1.807) is 0 Å². The van der Waals surface area contributed by atoms with Gasteiger partial charge in [-0.05, 0) is 56.5 Å². The molecule has 112 valence electrons. The van der Waals surface area contributed by atoms with Crippen LogP contribution in [0.15, 0.2) is 0 Å². The van der Waals surface area contributed by atoms with E-state index in [1.807, 2.05) is 11.9 Å². The van der Waals surface area contributed by atoms with Crippen LogP contribution in [0.25, 0.3) is 0 Å². The van der Waals surface area contributed by atoms with Crippen molar-refractivity contribution in [2.75, 3.05) is 26.7 Å². The van der Waals surface area contributed by atoms with Crippen LogP contribution in [0.2, 0.25) is 0 Å². The standard InChI is InChI=1S/C15H28N2O.ClH/c1-12(14-6-8-16-9-7-14)10-15(18)17(2)11-13-4-3-5-13;/h12-14,16H,3-11H2,1-2H3;1H. The van der Waals surface area contributed by atoms with Crippen molar-refractivity contribution in [3.05, 3.63) is 0 Å². The third-order valence-corrected chi connectivity index (χ3v) is 4.87. The van der Waals surface area contributed by atoms with Gasteiger partial charge in [0, 0.05) is 20.0 Å². The van der Waals surface area contributed by atoms with Crippen molar-refractivity contribution in [3.8, 4) is 0 Å². The molecule has 2 fully saturated rings. The van der Waals surface area contributed by atoms with E-state index < -0.39 is 0 Å². The Morgan fingerprint density at radius 2 is 1.89 bits per heavy atom. The number of carbonyl (C=O) groups excluding carboxylic acids is 1. The third kappa shape index (κ3) is 4.96. The van der Waals surface area contributed by atoms with Crippen molar-refractivity contribution >= 4 is 18.3 Å². The van der Waals surface area contributed by atoms with Crippen molar-refractivity contribution in [3.63, 3.8) is 0 Å². The van der Waals surface area contributed by atoms with Gasteiger partial charge >= 0.3 is 0 Å². The largest absolute Gasteiger partial charge is 0.345 e. The van der Waals surface area contributed by atoms with Crippen LogP contribution >= 0.6 is 12.4 Å². The number of piperidine rings is 1. The van der Waals surface area contributed by atoms with Gasteiger partial charge in [-0.2, -0.15) is 0 Å². The molecule has 1 atom stereocenters. The molecule has 0 aromatic rings. The maximum absolute atomic E-state index is 12.2. The summed E-state index contributed by atoms with van der Waals surface area (Å²) < 4.78 is 0. The molecule has 0 spiro atoms. The molecule has 4 heteroatoms. The Balaban J connectivity index is 0.00000180. The molecule has 0 aromatic carbocycles. The normalized spacial score (nSPS) is 22.2. The van der Waals surface area contributed by atoms with Crippen molar-refractivity contribution < 1.29 is 4.79 Å². The Hall–Kier alpha value is -0.280. The highest BCUT2D eigenvalue weighted by Gasteiger charge is 2.25. The Bertz CT molecular complexity index is 275. The van der Waals surface area contributed by atoms with Gasteiger partial charge in [0.15, 0.2) is 0 Å². The van der Waals surface area contributed by atoms with E-state index in [1.165, 1.54) is 32.1 Å². The highest BCUT2D eigenvalue weighted by Crippen LogP contribution is 2.28. The van der Waals surface area contributed by atoms with Crippen LogP contribution < -0.4 is 5.32 Å². The number of nitrogens with one attached hydrogen (secondary N) is 1. The first-order chi connectivity index (χ1) is 8.66. The van der Waals surface area contributed by atoms with Crippen LogP contribution in [0.1, 0.15) is 45.4 Å². The van der Waals surface area contributed by atoms with Crippen LogP contribution in [0, 0.1) is 17.8 Å². The predicted octanol–water partition coefficient (Wildman–Crippen LogP) is 2.69. The molecule has 1 saturated carbocycles. The molecular formula is C15H29ClN2O. The Kier molecular flexibility index (Phi) is 7.16. The average molecular weight is 289 g/mol. The average Bonchev–Trinajstić information content (AvgIpc) is 2.34. The minimum absolute atomic E-state index is 0. The number of nitrogens with zero attached hydrogens (tertiary/aromatic N) is 1. The summed E-state index contributed by atoms with van der Waals surface area (Å²) in [6, 6.07) is 0. The summed E-state index contributed by atoms with van der Waals surface area (Å²) in [7, 11) is 1.98. The molecule has 0 radical (unpaired) electrons. The quantitative estimate of drug-likeness (QED) is 0.844. The van der Waals surface area contributed by atoms with Gasteiger partial charge in [0.05, 0.1) is 0 Å². The van der Waals surface area contributed by atoms with Gasteiger partial charge in [-0.25, -0.2) is 0 Å². The van der Waals surface area contributed by atoms with Crippen LogP contribution in [0.4, 0.5) is 0 Å². The van der Waals surface area contributed by atoms with Crippen molar-refractivity contribution in [1.82, 2.24) is 10.2 Å². The Labute approximate surface area is 123 Å². The van der Waals surface area contributed by atoms with Gasteiger partial charge in [0.1, 0.15) is 0 Å². The van der Waals surface area contributed by atoms with Gasteiger partial charge in [-0.15, -0.1) is 12.4 Å². The molecule has 1 aliphatic carbocycles. The summed E-state index contributed by atoms with van der Waals surface area (Å²) in [5.74, 6) is 2.43. The van der Waals surface area contributed by atoms with E-state index in [0.717, 1.165) is 37.9 Å². The lowest BCUT2D eigenvalue weighted by atomic mass is 9.83. The van der Waals surface area contributed by atoms with E-state index in [9.17, 15) is 4.79 Å². The minimum Gasteiger partial charge on any atom is -0.345 e. The fraction of sp³-hybridized carbons (Fsp3) is 0.933. The topological polar surface area (TPSA) is 32.3 Å². The zero-order chi connectivity index (χ0) is 13.0. The summed E-state index contributed by atoms with van der Waals surface area (Å²) in [6.07, 6.45) is 7.22. The zero-order valence-electron chi connectivity index (χ0n) is 12.4. The molecule has 1 unspecified atom stereocenters. The second-order valence-electron chi connectivity index (χ2n) is 6.34. The SMILES string of the molecule is CC(CC(=O)N(C)CC1CCC1)C1CCNCC1.Cl. The molecule has 2 aliphatic rings. The molecule has 2 rings (SSSR count). The maximum atomic E-state index is 12.2. The monoisotopic (exact) mass is 288 g/mol. The van der Waals surface area contributed by atoms with Gasteiger partial charge in [0.25, 0.3) is 0 Å². The van der Waals surface area contributed by atoms with Gasteiger partial charge < -0.3 is 10.2 Å². The lowest BCUT2D eigenvalue weighted by Gasteiger charge is -2.32. The van der Waals surface area contributed by atoms with Crippen molar-refractivity contribution in [2.24, 2.45) is 17.8 Å². The highest BCUT2D eigenvalue weighted by atomic mass is 35.5. The summed E-state index contributed by atoms with van der Waals surface area (Å²) in [4.78, 5) is 14.2. The van der Waals surface area contributed by atoms with Crippen LogP contribution in [-0.2, 0) is 4.79 Å². The number of halogens is 1. The van der Waals surface area contributed by atoms with Crippen LogP contribution in [-0.4, -0.2) is 37.5 Å². The van der Waals surface area contributed by atoms with Crippen LogP contribution in [0.3, 0.4) is 0 Å². The second-order valence-corrected chi connectivity index (χ2v) is 6.34. The summed E-state index contributed by atoms with van der Waals surface area (Å²) in [5.41, 5.74) is 0. The fourth-order valence-electron chi connectivity index (χ4n) is 3.18. The zero-order valence-corrected chi connectivity index (χ0v) is 13.2. The van der Waals surface area contributed by atoms with Crippen LogP contribution in [0.5, 0.6) is 0 Å². The first-order valence-electron chi connectivity index (χ1n) is 7.61. The van der Waals surface area contributed by atoms with E-state index in [2.05, 4.69) is 12.2 Å². The fourth-order valence-corrected chi connectivity index (χ4v) is 3.18. The number of carbonyl (C=O) groups is 1. The molecule has 1 heterocycles. The van der Waals surface area contributed by atoms with Gasteiger partial charge in [-0.1, -0.05) is 13.3 Å². The van der Waals surface area contributed by atoms with E-state index in [0.29, 0.717) is 11.8 Å². The van der Waals surface area contributed by atoms with Crippen molar-refractivity contribution in [1.29, 1.82) is 0 Å². The summed E-state index contributed by atoms with van der Waals surface area (Å²) >= 11 is 0. The molecule has 0 aromatic heterocycles. The van der Waals surface area contributed by atoms with E-state index in [4.69, 9.17) is 0 Å². The number of hydrogen-bond donors (Lipinski definition) is 1. The Morgan fingerprint density at radius 1 is 1.26 bits per heavy atom. The lowest BCUT2D eigenvalue weighted by Crippen LogP contribution is -2.37. The number of hydrogen-bond acceptors (Lipinski definition) is 2. The molecule has 1 saturated heterocycles. The smallest absolute Gasteiger partial charge is 0.222 e. The molecule has 0 bridgehead atoms. The summed E-state index contributed by atoms with van der Waals surface area (Å²) in [6.45, 7) is 5.49. The molecule has 1 N–H and O–H groups in total. The molecule has 1 aliphatic heterocycles. The lowest BCUT2D eigenvalue weighted by molar-refractivity contribution is -0.132. The second kappa shape index (κ2) is 8.11. The summed E-state index contributed by atoms with van der Waals surface area (Å²) in [5, 5.41) is 3.39. The maximum Gasteiger partial charge on any atom is 0.222 e. The molecule has 19 heavy (non-hydrogen) atoms. The molecular weight excluding hydrogens is 260 g/mol. The highest BCUT2D eigenvalue weighted by molar-refractivity contribution is 5.85. The Morgan fingerprint density at radius 3 is 2.42 bits per heavy atom. The predicted molar refractivity (Wildman–Crippen MR) is 81.6 cm³/mol. The number of rotatable bonds is 5. The first-order valence-corrected chi connectivity index (χ1v) is 7.61. The van der Waals surface area contributed by atoms with Crippen molar-refractivity contribution in [2.45, 2.75) is 45.4 Å². The van der Waals surface area contributed by atoms with E-state index in [-0.39, 0.29) is 12.4 Å². The molecule has 1 amide bonds. The third-order valence-electron chi connectivity index (χ3n) is 4.87. The van der Waals surface area contributed by atoms with Gasteiger partial charge in [0.2, 0.25) is 5.91 Å². The minimum atomic E-state index is 0. The number of amides is 1. The first kappa shape index (κ1) is 16.8. The van der Waals surface area contributed by atoms with E-state index >= 15 is 0 Å². The molecule has 3 nitrogen and oxygen atoms in total. The van der Waals surface area contributed by atoms with Gasteiger partial charge in [-0.3, -0.25) is 4.79 Å².